The number of rotatable bonds is 4. The number of hydrazone groups is 1. The van der Waals surface area contributed by atoms with E-state index in [1.54, 1.807) is 18.3 Å². The molecule has 110 valence electrons. The number of aryl methyl sites for hydroxylation is 2. The van der Waals surface area contributed by atoms with Gasteiger partial charge in [-0.15, -0.1) is 0 Å². The number of methoxy groups -OCH3 is 1. The molecular weight excluding hydrogens is 336 g/mol. The maximum Gasteiger partial charge on any atom is 0.243 e. The Kier molecular flexibility index (Phi) is 4.74. The summed E-state index contributed by atoms with van der Waals surface area (Å²) in [7, 11) is 1.49. The molecule has 0 radical (unpaired) electrons. The van der Waals surface area contributed by atoms with Gasteiger partial charge in [-0.1, -0.05) is 0 Å². The van der Waals surface area contributed by atoms with Crippen molar-refractivity contribution in [3.8, 4) is 11.5 Å². The third-order valence-electron chi connectivity index (χ3n) is 2.63. The Labute approximate surface area is 131 Å². The average Bonchev–Trinajstić information content (AvgIpc) is 2.41. The number of anilines is 1. The van der Waals surface area contributed by atoms with Gasteiger partial charge in [0.15, 0.2) is 11.5 Å². The zero-order valence-electron chi connectivity index (χ0n) is 11.9. The highest BCUT2D eigenvalue weighted by molar-refractivity contribution is 9.10. The van der Waals surface area contributed by atoms with Gasteiger partial charge in [0, 0.05) is 11.4 Å². The van der Waals surface area contributed by atoms with Crippen LogP contribution in [0.4, 0.5) is 5.95 Å². The van der Waals surface area contributed by atoms with E-state index in [2.05, 4.69) is 36.4 Å². The van der Waals surface area contributed by atoms with E-state index in [1.807, 2.05) is 19.9 Å². The van der Waals surface area contributed by atoms with Crippen LogP contribution >= 0.6 is 15.9 Å². The van der Waals surface area contributed by atoms with E-state index in [0.717, 1.165) is 17.0 Å². The lowest BCUT2D eigenvalue weighted by Crippen LogP contribution is -1.99. The van der Waals surface area contributed by atoms with Gasteiger partial charge in [0.05, 0.1) is 17.8 Å². The minimum absolute atomic E-state index is 0.0558. The number of phenolic OH excluding ortho intramolecular Hbond substituents is 1. The molecule has 21 heavy (non-hydrogen) atoms. The second-order valence-electron chi connectivity index (χ2n) is 4.40. The molecule has 0 fully saturated rings. The van der Waals surface area contributed by atoms with Gasteiger partial charge in [-0.2, -0.15) is 5.10 Å². The first-order valence-electron chi connectivity index (χ1n) is 6.17. The van der Waals surface area contributed by atoms with Crippen LogP contribution in [0.15, 0.2) is 27.8 Å². The summed E-state index contributed by atoms with van der Waals surface area (Å²) in [5.41, 5.74) is 5.27. The number of benzene rings is 1. The lowest BCUT2D eigenvalue weighted by Gasteiger charge is -2.06. The van der Waals surface area contributed by atoms with Gasteiger partial charge >= 0.3 is 0 Å². The fraction of sp³-hybridized carbons (Fsp3) is 0.214. The largest absolute Gasteiger partial charge is 0.503 e. The quantitative estimate of drug-likeness (QED) is 0.654. The van der Waals surface area contributed by atoms with Crippen molar-refractivity contribution >= 4 is 28.1 Å². The molecule has 0 atom stereocenters. The Hall–Kier alpha value is -2.15. The molecule has 0 saturated carbocycles. The van der Waals surface area contributed by atoms with E-state index < -0.39 is 0 Å². The molecule has 2 aromatic rings. The molecule has 0 amide bonds. The monoisotopic (exact) mass is 350 g/mol. The molecule has 2 N–H and O–H groups in total. The molecule has 0 unspecified atom stereocenters. The third-order valence-corrected chi connectivity index (χ3v) is 3.24. The van der Waals surface area contributed by atoms with Crippen LogP contribution in [0.2, 0.25) is 0 Å². The van der Waals surface area contributed by atoms with Crippen LogP contribution in [0.3, 0.4) is 0 Å². The number of nitrogens with one attached hydrogen (secondary N) is 1. The molecule has 1 aromatic heterocycles. The summed E-state index contributed by atoms with van der Waals surface area (Å²) in [5.74, 6) is 0.863. The minimum atomic E-state index is 0.0558. The summed E-state index contributed by atoms with van der Waals surface area (Å²) in [6.07, 6.45) is 1.59. The molecule has 7 heteroatoms. The zero-order valence-corrected chi connectivity index (χ0v) is 13.5. The summed E-state index contributed by atoms with van der Waals surface area (Å²) in [4.78, 5) is 8.44. The summed E-state index contributed by atoms with van der Waals surface area (Å²) in [5, 5.41) is 13.8. The number of phenols is 1. The second-order valence-corrected chi connectivity index (χ2v) is 5.25. The Morgan fingerprint density at radius 2 is 1.90 bits per heavy atom. The number of nitrogens with zero attached hydrogens (tertiary/aromatic N) is 3. The van der Waals surface area contributed by atoms with E-state index in [9.17, 15) is 5.11 Å². The second kappa shape index (κ2) is 6.53. The van der Waals surface area contributed by atoms with Crippen LogP contribution in [0.25, 0.3) is 0 Å². The summed E-state index contributed by atoms with van der Waals surface area (Å²) in [6, 6.07) is 5.29. The number of aromatic hydroxyl groups is 1. The van der Waals surface area contributed by atoms with Crippen LogP contribution in [0.5, 0.6) is 11.5 Å². The first kappa shape index (κ1) is 15.2. The molecule has 6 nitrogen and oxygen atoms in total. The third kappa shape index (κ3) is 3.91. The maximum atomic E-state index is 9.73. The van der Waals surface area contributed by atoms with Gasteiger partial charge in [-0.3, -0.25) is 0 Å². The van der Waals surface area contributed by atoms with E-state index >= 15 is 0 Å². The van der Waals surface area contributed by atoms with Crippen molar-refractivity contribution in [1.82, 2.24) is 9.97 Å². The fourth-order valence-electron chi connectivity index (χ4n) is 1.76. The number of ether oxygens (including phenoxy) is 1. The highest BCUT2D eigenvalue weighted by Crippen LogP contribution is 2.34. The Morgan fingerprint density at radius 1 is 1.24 bits per heavy atom. The average molecular weight is 351 g/mol. The Balaban J connectivity index is 2.16. The van der Waals surface area contributed by atoms with Crippen LogP contribution in [-0.2, 0) is 0 Å². The van der Waals surface area contributed by atoms with E-state index in [0.29, 0.717) is 16.2 Å². The first-order chi connectivity index (χ1) is 9.99. The standard InChI is InChI=1S/C14H15BrN4O2/c1-8-4-9(2)18-14(17-8)19-16-7-10-5-11(15)13(20)12(6-10)21-3/h4-7,20H,1-3H3,(H,17,18,19)/b16-7+. The minimum Gasteiger partial charge on any atom is -0.503 e. The smallest absolute Gasteiger partial charge is 0.243 e. The number of hydrogen-bond donors (Lipinski definition) is 2. The van der Waals surface area contributed by atoms with Gasteiger partial charge in [0.1, 0.15) is 0 Å². The molecule has 1 aromatic carbocycles. The van der Waals surface area contributed by atoms with Gasteiger partial charge < -0.3 is 9.84 Å². The van der Waals surface area contributed by atoms with Crippen LogP contribution in [0, 0.1) is 13.8 Å². The molecule has 2 rings (SSSR count). The number of halogens is 1. The molecule has 0 aliphatic rings. The van der Waals surface area contributed by atoms with E-state index in [4.69, 9.17) is 4.74 Å². The number of hydrogen-bond acceptors (Lipinski definition) is 6. The predicted octanol–water partition coefficient (Wildman–Crippen LogP) is 3.02. The number of aromatic nitrogens is 2. The molecule has 0 bridgehead atoms. The Morgan fingerprint density at radius 3 is 2.52 bits per heavy atom. The zero-order chi connectivity index (χ0) is 15.4. The molecule has 0 aliphatic heterocycles. The summed E-state index contributed by atoms with van der Waals surface area (Å²) in [6.45, 7) is 3.79. The van der Waals surface area contributed by atoms with Gasteiger partial charge in [0.2, 0.25) is 5.95 Å². The van der Waals surface area contributed by atoms with Crippen molar-refractivity contribution in [1.29, 1.82) is 0 Å². The molecule has 0 aliphatic carbocycles. The fourth-order valence-corrected chi connectivity index (χ4v) is 2.22. The normalized spacial score (nSPS) is 10.9. The van der Waals surface area contributed by atoms with Crippen molar-refractivity contribution in [2.75, 3.05) is 12.5 Å². The predicted molar refractivity (Wildman–Crippen MR) is 85.1 cm³/mol. The van der Waals surface area contributed by atoms with Crippen molar-refractivity contribution in [2.45, 2.75) is 13.8 Å². The van der Waals surface area contributed by atoms with Crippen LogP contribution in [0.1, 0.15) is 17.0 Å². The maximum absolute atomic E-state index is 9.73. The highest BCUT2D eigenvalue weighted by atomic mass is 79.9. The van der Waals surface area contributed by atoms with Gasteiger partial charge in [-0.05, 0) is 53.5 Å². The first-order valence-corrected chi connectivity index (χ1v) is 6.96. The van der Waals surface area contributed by atoms with Crippen molar-refractivity contribution in [3.05, 3.63) is 39.6 Å². The van der Waals surface area contributed by atoms with E-state index in [-0.39, 0.29) is 5.75 Å². The SMILES string of the molecule is COc1cc(/C=N/Nc2nc(C)cc(C)n2)cc(Br)c1O. The lowest BCUT2D eigenvalue weighted by atomic mass is 10.2. The van der Waals surface area contributed by atoms with Crippen LogP contribution < -0.4 is 10.2 Å². The molecule has 1 heterocycles. The lowest BCUT2D eigenvalue weighted by molar-refractivity contribution is 0.372. The van der Waals surface area contributed by atoms with Crippen LogP contribution in [-0.4, -0.2) is 28.4 Å². The Bertz CT molecular complexity index is 669. The van der Waals surface area contributed by atoms with Crippen molar-refractivity contribution in [2.24, 2.45) is 5.10 Å². The van der Waals surface area contributed by atoms with Gasteiger partial charge in [-0.25, -0.2) is 15.4 Å². The topological polar surface area (TPSA) is 79.6 Å². The van der Waals surface area contributed by atoms with Gasteiger partial charge in [0.25, 0.3) is 0 Å². The summed E-state index contributed by atoms with van der Waals surface area (Å²) < 4.78 is 5.61. The van der Waals surface area contributed by atoms with Crippen molar-refractivity contribution in [3.63, 3.8) is 0 Å². The molecular formula is C14H15BrN4O2. The van der Waals surface area contributed by atoms with Crippen molar-refractivity contribution < 1.29 is 9.84 Å². The van der Waals surface area contributed by atoms with E-state index in [1.165, 1.54) is 7.11 Å². The highest BCUT2D eigenvalue weighted by Gasteiger charge is 2.07. The molecule has 0 saturated heterocycles. The summed E-state index contributed by atoms with van der Waals surface area (Å²) >= 11 is 3.26. The molecule has 0 spiro atoms.